The van der Waals surface area contributed by atoms with Crippen LogP contribution in [0.5, 0.6) is 0 Å². The normalized spacial score (nSPS) is 11.3. The summed E-state index contributed by atoms with van der Waals surface area (Å²) in [5.41, 5.74) is 2.36. The summed E-state index contributed by atoms with van der Waals surface area (Å²) in [6.45, 7) is 3.81. The number of halogens is 3. The first-order chi connectivity index (χ1) is 13.7. The first-order valence-electron chi connectivity index (χ1n) is 8.74. The Morgan fingerprint density at radius 2 is 1.72 bits per heavy atom. The number of alkyl halides is 3. The van der Waals surface area contributed by atoms with Crippen molar-refractivity contribution in [1.29, 1.82) is 0 Å². The molecule has 3 aromatic rings. The van der Waals surface area contributed by atoms with E-state index in [1.54, 1.807) is 0 Å². The molecular weight excluding hydrogens is 399 g/mol. The van der Waals surface area contributed by atoms with Crippen molar-refractivity contribution >= 4 is 23.4 Å². The maximum Gasteiger partial charge on any atom is 0.418 e. The number of amides is 1. The fraction of sp³-hybridized carbons (Fsp3) is 0.190. The number of carbonyl (C=O) groups excluding carboxylic acids is 1. The van der Waals surface area contributed by atoms with Gasteiger partial charge in [0.25, 0.3) is 0 Å². The monoisotopic (exact) mass is 417 g/mol. The molecule has 4 nitrogen and oxygen atoms in total. The number of hydrogen-bond donors (Lipinski definition) is 1. The van der Waals surface area contributed by atoms with Crippen molar-refractivity contribution in [1.82, 2.24) is 9.97 Å². The Balaban J connectivity index is 1.71. The Morgan fingerprint density at radius 1 is 1.03 bits per heavy atom. The number of benzene rings is 2. The highest BCUT2D eigenvalue weighted by atomic mass is 32.2. The van der Waals surface area contributed by atoms with Gasteiger partial charge >= 0.3 is 6.18 Å². The number of aryl methyl sites for hydroxylation is 2. The molecule has 0 aliphatic carbocycles. The second kappa shape index (κ2) is 8.65. The van der Waals surface area contributed by atoms with Gasteiger partial charge in [0.15, 0.2) is 5.16 Å². The number of para-hydroxylation sites is 1. The van der Waals surface area contributed by atoms with Crippen LogP contribution in [0.25, 0.3) is 11.3 Å². The van der Waals surface area contributed by atoms with Crippen LogP contribution in [0.4, 0.5) is 18.9 Å². The number of thioether (sulfide) groups is 1. The largest absolute Gasteiger partial charge is 0.418 e. The predicted molar refractivity (Wildman–Crippen MR) is 108 cm³/mol. The number of carbonyl (C=O) groups is 1. The molecule has 0 fully saturated rings. The van der Waals surface area contributed by atoms with Crippen molar-refractivity contribution in [2.75, 3.05) is 11.1 Å². The average Bonchev–Trinajstić information content (AvgIpc) is 2.66. The summed E-state index contributed by atoms with van der Waals surface area (Å²) in [5, 5.41) is 2.71. The zero-order chi connectivity index (χ0) is 21.0. The highest BCUT2D eigenvalue weighted by Gasteiger charge is 2.33. The predicted octanol–water partition coefficient (Wildman–Crippen LogP) is 5.51. The summed E-state index contributed by atoms with van der Waals surface area (Å²) in [6.07, 6.45) is -4.54. The molecule has 0 atom stereocenters. The molecule has 0 saturated carbocycles. The van der Waals surface area contributed by atoms with E-state index in [4.69, 9.17) is 0 Å². The molecule has 0 unspecified atom stereocenters. The summed E-state index contributed by atoms with van der Waals surface area (Å²) in [4.78, 5) is 21.0. The minimum Gasteiger partial charge on any atom is -0.325 e. The molecule has 2 aromatic carbocycles. The van der Waals surface area contributed by atoms with Gasteiger partial charge in [-0.05, 0) is 32.0 Å². The van der Waals surface area contributed by atoms with Crippen molar-refractivity contribution in [3.63, 3.8) is 0 Å². The Bertz CT molecular complexity index is 1020. The van der Waals surface area contributed by atoms with Crippen molar-refractivity contribution < 1.29 is 18.0 Å². The number of nitrogens with one attached hydrogen (secondary N) is 1. The van der Waals surface area contributed by atoms with E-state index in [0.717, 1.165) is 40.3 Å². The summed E-state index contributed by atoms with van der Waals surface area (Å²) in [6, 6.07) is 14.6. The summed E-state index contributed by atoms with van der Waals surface area (Å²) >= 11 is 1.07. The number of rotatable bonds is 5. The quantitative estimate of drug-likeness (QED) is 0.439. The van der Waals surface area contributed by atoms with Gasteiger partial charge in [-0.3, -0.25) is 4.79 Å². The zero-order valence-corrected chi connectivity index (χ0v) is 16.6. The van der Waals surface area contributed by atoms with Gasteiger partial charge in [0.05, 0.1) is 22.7 Å². The molecule has 1 N–H and O–H groups in total. The SMILES string of the molecule is Cc1ccc(-c2cc(C)nc(SCC(=O)Nc3ccccc3C(F)(F)F)n2)cc1. The molecule has 1 amide bonds. The van der Waals surface area contributed by atoms with Crippen molar-refractivity contribution in [3.8, 4) is 11.3 Å². The number of aromatic nitrogens is 2. The fourth-order valence-corrected chi connectivity index (χ4v) is 3.34. The lowest BCUT2D eigenvalue weighted by atomic mass is 10.1. The molecule has 0 aliphatic heterocycles. The Hall–Kier alpha value is -2.87. The van der Waals surface area contributed by atoms with Gasteiger partial charge in [-0.1, -0.05) is 53.7 Å². The molecule has 29 heavy (non-hydrogen) atoms. The average molecular weight is 417 g/mol. The number of anilines is 1. The Labute approximate surface area is 170 Å². The van der Waals surface area contributed by atoms with E-state index >= 15 is 0 Å². The van der Waals surface area contributed by atoms with Crippen molar-refractivity contribution in [3.05, 3.63) is 71.4 Å². The molecule has 0 bridgehead atoms. The van der Waals surface area contributed by atoms with Crippen molar-refractivity contribution in [2.45, 2.75) is 25.2 Å². The molecule has 8 heteroatoms. The van der Waals surface area contributed by atoms with Crippen LogP contribution < -0.4 is 5.32 Å². The van der Waals surface area contributed by atoms with Crippen LogP contribution in [-0.4, -0.2) is 21.6 Å². The van der Waals surface area contributed by atoms with Crippen LogP contribution in [-0.2, 0) is 11.0 Å². The highest BCUT2D eigenvalue weighted by molar-refractivity contribution is 7.99. The topological polar surface area (TPSA) is 54.9 Å². The van der Waals surface area contributed by atoms with Crippen LogP contribution in [0.2, 0.25) is 0 Å². The minimum absolute atomic E-state index is 0.108. The molecular formula is C21H18F3N3OS. The van der Waals surface area contributed by atoms with E-state index in [2.05, 4.69) is 15.3 Å². The second-order valence-corrected chi connectivity index (χ2v) is 7.37. The van der Waals surface area contributed by atoms with Crippen LogP contribution >= 0.6 is 11.8 Å². The van der Waals surface area contributed by atoms with Gasteiger partial charge in [-0.2, -0.15) is 13.2 Å². The lowest BCUT2D eigenvalue weighted by Crippen LogP contribution is -2.18. The molecule has 1 heterocycles. The third-order valence-corrected chi connectivity index (χ3v) is 4.87. The van der Waals surface area contributed by atoms with E-state index in [1.165, 1.54) is 18.2 Å². The van der Waals surface area contributed by atoms with Gasteiger partial charge in [0, 0.05) is 11.3 Å². The lowest BCUT2D eigenvalue weighted by molar-refractivity contribution is -0.137. The maximum atomic E-state index is 13.0. The van der Waals surface area contributed by atoms with Crippen molar-refractivity contribution in [2.24, 2.45) is 0 Å². The summed E-state index contributed by atoms with van der Waals surface area (Å²) in [5.74, 6) is -0.670. The van der Waals surface area contributed by atoms with Gasteiger partial charge in [-0.25, -0.2) is 9.97 Å². The molecule has 0 aliphatic rings. The second-order valence-electron chi connectivity index (χ2n) is 6.42. The minimum atomic E-state index is -4.54. The van der Waals surface area contributed by atoms with E-state index < -0.39 is 17.6 Å². The Morgan fingerprint density at radius 3 is 2.41 bits per heavy atom. The van der Waals surface area contributed by atoms with Gasteiger partial charge in [0.2, 0.25) is 5.91 Å². The molecule has 1 aromatic heterocycles. The smallest absolute Gasteiger partial charge is 0.325 e. The van der Waals surface area contributed by atoms with Crippen LogP contribution in [0.3, 0.4) is 0 Å². The molecule has 0 saturated heterocycles. The first-order valence-corrected chi connectivity index (χ1v) is 9.72. The molecule has 3 rings (SSSR count). The molecule has 150 valence electrons. The highest BCUT2D eigenvalue weighted by Crippen LogP contribution is 2.34. The summed E-state index contributed by atoms with van der Waals surface area (Å²) < 4.78 is 39.1. The lowest BCUT2D eigenvalue weighted by Gasteiger charge is -2.13. The van der Waals surface area contributed by atoms with E-state index in [-0.39, 0.29) is 11.4 Å². The molecule has 0 spiro atoms. The maximum absolute atomic E-state index is 13.0. The van der Waals surface area contributed by atoms with E-state index in [0.29, 0.717) is 5.16 Å². The number of hydrogen-bond acceptors (Lipinski definition) is 4. The first kappa shape index (κ1) is 20.9. The summed E-state index contributed by atoms with van der Waals surface area (Å²) in [7, 11) is 0. The molecule has 0 radical (unpaired) electrons. The standard InChI is InChI=1S/C21H18F3N3OS/c1-13-7-9-15(10-8-13)18-11-14(2)25-20(27-18)29-12-19(28)26-17-6-4-3-5-16(17)21(22,23)24/h3-11H,12H2,1-2H3,(H,26,28). The van der Waals surface area contributed by atoms with Gasteiger partial charge in [-0.15, -0.1) is 0 Å². The van der Waals surface area contributed by atoms with Crippen LogP contribution in [0.1, 0.15) is 16.8 Å². The van der Waals surface area contributed by atoms with Crippen LogP contribution in [0.15, 0.2) is 59.8 Å². The van der Waals surface area contributed by atoms with E-state index in [9.17, 15) is 18.0 Å². The van der Waals surface area contributed by atoms with Crippen LogP contribution in [0, 0.1) is 13.8 Å². The van der Waals surface area contributed by atoms with Gasteiger partial charge in [0.1, 0.15) is 0 Å². The third-order valence-electron chi connectivity index (χ3n) is 4.02. The fourth-order valence-electron chi connectivity index (χ4n) is 2.63. The van der Waals surface area contributed by atoms with E-state index in [1.807, 2.05) is 44.2 Å². The number of nitrogens with zero attached hydrogens (tertiary/aromatic N) is 2. The van der Waals surface area contributed by atoms with Gasteiger partial charge < -0.3 is 5.32 Å². The Kier molecular flexibility index (Phi) is 6.22. The zero-order valence-electron chi connectivity index (χ0n) is 15.7. The third kappa shape index (κ3) is 5.57.